The van der Waals surface area contributed by atoms with Gasteiger partial charge in [-0.3, -0.25) is 0 Å². The Morgan fingerprint density at radius 2 is 2.04 bits per heavy atom. The molecule has 0 aliphatic heterocycles. The van der Waals surface area contributed by atoms with Crippen LogP contribution in [0.2, 0.25) is 0 Å². The summed E-state index contributed by atoms with van der Waals surface area (Å²) in [4.78, 5) is 0.269. The molecule has 8 heteroatoms. The summed E-state index contributed by atoms with van der Waals surface area (Å²) in [6.45, 7) is 2.13. The van der Waals surface area contributed by atoms with E-state index in [4.69, 9.17) is 0 Å². The van der Waals surface area contributed by atoms with Gasteiger partial charge in [-0.05, 0) is 47.4 Å². The molecule has 124 valence electrons. The third kappa shape index (κ3) is 3.13. The summed E-state index contributed by atoms with van der Waals surface area (Å²) in [6.07, 6.45) is 5.71. The lowest BCUT2D eigenvalue weighted by Crippen LogP contribution is -2.42. The minimum Gasteiger partial charge on any atom is -0.207 e. The van der Waals surface area contributed by atoms with Gasteiger partial charge in [0, 0.05) is 13.1 Å². The standard InChI is InChI=1S/C15H21N5O2S/c1-12-6-3-4-9-15(12)19(2)23(21,22)14-8-5-7-13(10-14)20-11-16-17-18-20/h5,7-8,10-12,15H,3-4,6,9H2,1-2H3/t12-,15-/m0/s1. The molecule has 0 bridgehead atoms. The molecule has 0 unspecified atom stereocenters. The van der Waals surface area contributed by atoms with Gasteiger partial charge in [-0.15, -0.1) is 5.10 Å². The fraction of sp³-hybridized carbons (Fsp3) is 0.533. The van der Waals surface area contributed by atoms with E-state index in [1.807, 2.05) is 0 Å². The zero-order valence-electron chi connectivity index (χ0n) is 13.3. The third-order valence-electron chi connectivity index (χ3n) is 4.64. The van der Waals surface area contributed by atoms with Gasteiger partial charge < -0.3 is 0 Å². The summed E-state index contributed by atoms with van der Waals surface area (Å²) in [5.74, 6) is 0.381. The van der Waals surface area contributed by atoms with E-state index in [0.29, 0.717) is 11.6 Å². The zero-order valence-corrected chi connectivity index (χ0v) is 14.1. The van der Waals surface area contributed by atoms with Crippen LogP contribution in [0.3, 0.4) is 0 Å². The fourth-order valence-electron chi connectivity index (χ4n) is 3.25. The number of benzene rings is 1. The molecule has 0 N–H and O–H groups in total. The zero-order chi connectivity index (χ0) is 16.4. The number of aromatic nitrogens is 4. The number of tetrazole rings is 1. The Morgan fingerprint density at radius 3 is 2.74 bits per heavy atom. The maximum Gasteiger partial charge on any atom is 0.243 e. The largest absolute Gasteiger partial charge is 0.243 e. The van der Waals surface area contributed by atoms with Crippen molar-refractivity contribution in [2.75, 3.05) is 7.05 Å². The van der Waals surface area contributed by atoms with Crippen molar-refractivity contribution in [3.05, 3.63) is 30.6 Å². The van der Waals surface area contributed by atoms with E-state index in [9.17, 15) is 8.42 Å². The first-order chi connectivity index (χ1) is 11.0. The highest BCUT2D eigenvalue weighted by atomic mass is 32.2. The molecule has 23 heavy (non-hydrogen) atoms. The van der Waals surface area contributed by atoms with Crippen LogP contribution in [0.25, 0.3) is 5.69 Å². The lowest BCUT2D eigenvalue weighted by atomic mass is 9.86. The average molecular weight is 335 g/mol. The summed E-state index contributed by atoms with van der Waals surface area (Å²) in [6, 6.07) is 6.77. The second-order valence-corrected chi connectivity index (χ2v) is 8.10. The predicted molar refractivity (Wildman–Crippen MR) is 85.5 cm³/mol. The molecule has 1 fully saturated rings. The summed E-state index contributed by atoms with van der Waals surface area (Å²) in [5.41, 5.74) is 0.626. The van der Waals surface area contributed by atoms with Crippen LogP contribution in [0, 0.1) is 5.92 Å². The van der Waals surface area contributed by atoms with Crippen molar-refractivity contribution in [3.63, 3.8) is 0 Å². The highest BCUT2D eigenvalue weighted by Crippen LogP contribution is 2.31. The number of rotatable bonds is 4. The van der Waals surface area contributed by atoms with Crippen molar-refractivity contribution in [1.29, 1.82) is 0 Å². The van der Waals surface area contributed by atoms with Gasteiger partial charge in [-0.25, -0.2) is 13.1 Å². The normalized spacial score (nSPS) is 22.4. The Balaban J connectivity index is 1.91. The van der Waals surface area contributed by atoms with E-state index < -0.39 is 10.0 Å². The molecule has 1 aliphatic carbocycles. The van der Waals surface area contributed by atoms with Crippen molar-refractivity contribution in [1.82, 2.24) is 24.5 Å². The van der Waals surface area contributed by atoms with Gasteiger partial charge in [0.05, 0.1) is 10.6 Å². The molecule has 2 aromatic rings. The Labute approximate surface area is 136 Å². The van der Waals surface area contributed by atoms with Crippen LogP contribution in [-0.2, 0) is 10.0 Å². The molecule has 1 aromatic heterocycles. The highest BCUT2D eigenvalue weighted by molar-refractivity contribution is 7.89. The Hall–Kier alpha value is -1.80. The van der Waals surface area contributed by atoms with E-state index >= 15 is 0 Å². The molecule has 0 spiro atoms. The summed E-state index contributed by atoms with van der Waals surface area (Å²) >= 11 is 0. The monoisotopic (exact) mass is 335 g/mol. The number of hydrogen-bond acceptors (Lipinski definition) is 5. The molecule has 7 nitrogen and oxygen atoms in total. The predicted octanol–water partition coefficient (Wildman–Crippen LogP) is 1.86. The summed E-state index contributed by atoms with van der Waals surface area (Å²) in [7, 11) is -1.85. The molecule has 1 saturated carbocycles. The Morgan fingerprint density at radius 1 is 1.26 bits per heavy atom. The molecule has 1 aromatic carbocycles. The van der Waals surface area contributed by atoms with Crippen LogP contribution >= 0.6 is 0 Å². The first-order valence-corrected chi connectivity index (χ1v) is 9.25. The SMILES string of the molecule is C[C@H]1CCCC[C@@H]1N(C)S(=O)(=O)c1cccc(-n2cnnn2)c1. The van der Waals surface area contributed by atoms with Crippen LogP contribution < -0.4 is 0 Å². The van der Waals surface area contributed by atoms with E-state index in [1.54, 1.807) is 31.3 Å². The molecule has 1 aliphatic rings. The van der Waals surface area contributed by atoms with E-state index in [-0.39, 0.29) is 10.9 Å². The van der Waals surface area contributed by atoms with Crippen LogP contribution in [-0.4, -0.2) is 46.0 Å². The van der Waals surface area contributed by atoms with Gasteiger partial charge in [0.1, 0.15) is 6.33 Å². The van der Waals surface area contributed by atoms with E-state index in [0.717, 1.165) is 19.3 Å². The first kappa shape index (κ1) is 16.1. The summed E-state index contributed by atoms with van der Waals surface area (Å²) < 4.78 is 28.9. The van der Waals surface area contributed by atoms with Crippen molar-refractivity contribution in [2.45, 2.75) is 43.5 Å². The second kappa shape index (κ2) is 6.37. The number of hydrogen-bond donors (Lipinski definition) is 0. The average Bonchev–Trinajstić information content (AvgIpc) is 3.09. The molecular weight excluding hydrogens is 314 g/mol. The quantitative estimate of drug-likeness (QED) is 0.852. The Bertz CT molecular complexity index is 760. The molecule has 0 radical (unpaired) electrons. The van der Waals surface area contributed by atoms with Crippen molar-refractivity contribution in [3.8, 4) is 5.69 Å². The van der Waals surface area contributed by atoms with Gasteiger partial charge in [0.15, 0.2) is 0 Å². The highest BCUT2D eigenvalue weighted by Gasteiger charge is 2.33. The van der Waals surface area contributed by atoms with Gasteiger partial charge in [-0.2, -0.15) is 4.31 Å². The Kier molecular flexibility index (Phi) is 4.45. The van der Waals surface area contributed by atoms with E-state index in [1.165, 1.54) is 21.7 Å². The maximum absolute atomic E-state index is 13.0. The topological polar surface area (TPSA) is 81.0 Å². The lowest BCUT2D eigenvalue weighted by Gasteiger charge is -2.35. The maximum atomic E-state index is 13.0. The van der Waals surface area contributed by atoms with Crippen LogP contribution in [0.15, 0.2) is 35.5 Å². The van der Waals surface area contributed by atoms with Gasteiger partial charge in [0.2, 0.25) is 10.0 Å². The van der Waals surface area contributed by atoms with Crippen molar-refractivity contribution in [2.24, 2.45) is 5.92 Å². The summed E-state index contributed by atoms with van der Waals surface area (Å²) in [5, 5.41) is 11.0. The molecule has 1 heterocycles. The van der Waals surface area contributed by atoms with Gasteiger partial charge in [-0.1, -0.05) is 25.8 Å². The molecule has 2 atom stereocenters. The van der Waals surface area contributed by atoms with Gasteiger partial charge >= 0.3 is 0 Å². The van der Waals surface area contributed by atoms with Crippen molar-refractivity contribution >= 4 is 10.0 Å². The third-order valence-corrected chi connectivity index (χ3v) is 6.52. The van der Waals surface area contributed by atoms with Crippen LogP contribution in [0.4, 0.5) is 0 Å². The minimum atomic E-state index is -3.53. The van der Waals surface area contributed by atoms with Crippen LogP contribution in [0.5, 0.6) is 0 Å². The lowest BCUT2D eigenvalue weighted by molar-refractivity contribution is 0.213. The van der Waals surface area contributed by atoms with Crippen LogP contribution in [0.1, 0.15) is 32.6 Å². The van der Waals surface area contributed by atoms with Gasteiger partial charge in [0.25, 0.3) is 0 Å². The fourth-order valence-corrected chi connectivity index (χ4v) is 4.77. The second-order valence-electron chi connectivity index (χ2n) is 6.10. The minimum absolute atomic E-state index is 0.0606. The molecule has 0 saturated heterocycles. The molecule has 3 rings (SSSR count). The molecular formula is C15H21N5O2S. The molecule has 0 amide bonds. The number of sulfonamides is 1. The van der Waals surface area contributed by atoms with Crippen molar-refractivity contribution < 1.29 is 8.42 Å². The smallest absolute Gasteiger partial charge is 0.207 e. The number of nitrogens with zero attached hydrogens (tertiary/aromatic N) is 5. The van der Waals surface area contributed by atoms with E-state index in [2.05, 4.69) is 22.4 Å². The first-order valence-electron chi connectivity index (χ1n) is 7.81.